The molecule has 1 heterocycles. The van der Waals surface area contributed by atoms with E-state index in [-0.39, 0.29) is 0 Å². The van der Waals surface area contributed by atoms with E-state index in [0.29, 0.717) is 0 Å². The molecule has 0 saturated carbocycles. The first-order valence-electron chi connectivity index (χ1n) is 6.39. The van der Waals surface area contributed by atoms with Crippen LogP contribution in [-0.2, 0) is 15.0 Å². The normalized spacial score (nSPS) is 13.0. The SMILES string of the molecule is C[C](=Nc1ccccc1C)[Fe][c]1ccc2c(n1)C=C=C2. The Bertz CT molecular complexity index is 753. The van der Waals surface area contributed by atoms with E-state index >= 15 is 0 Å². The van der Waals surface area contributed by atoms with Crippen LogP contribution < -0.4 is 4.59 Å². The van der Waals surface area contributed by atoms with Crippen molar-refractivity contribution in [3.8, 4) is 0 Å². The molecular formula is C17H14FeN2. The van der Waals surface area contributed by atoms with E-state index in [0.717, 1.165) is 41.1 Å². The van der Waals surface area contributed by atoms with Gasteiger partial charge in [-0.1, -0.05) is 0 Å². The van der Waals surface area contributed by atoms with Crippen molar-refractivity contribution < 1.29 is 15.0 Å². The average Bonchev–Trinajstić information content (AvgIpc) is 2.89. The molecule has 0 amide bonds. The zero-order valence-electron chi connectivity index (χ0n) is 11.4. The number of benzene rings is 1. The number of hydrogen-bond donors (Lipinski definition) is 0. The second kappa shape index (κ2) is 5.60. The number of nitrogens with zero attached hydrogens (tertiary/aromatic N) is 2. The van der Waals surface area contributed by atoms with E-state index in [4.69, 9.17) is 4.99 Å². The third kappa shape index (κ3) is 2.81. The van der Waals surface area contributed by atoms with Gasteiger partial charge in [-0.2, -0.15) is 0 Å². The summed E-state index contributed by atoms with van der Waals surface area (Å²) >= 11 is 0.773. The molecule has 1 aromatic heterocycles. The van der Waals surface area contributed by atoms with Crippen molar-refractivity contribution in [3.05, 3.63) is 59.0 Å². The molecule has 0 spiro atoms. The summed E-state index contributed by atoms with van der Waals surface area (Å²) in [6.07, 6.45) is 3.88. The van der Waals surface area contributed by atoms with Gasteiger partial charge in [0.05, 0.1) is 0 Å². The Kier molecular flexibility index (Phi) is 3.66. The summed E-state index contributed by atoms with van der Waals surface area (Å²) in [5, 5.41) is 0. The predicted octanol–water partition coefficient (Wildman–Crippen LogP) is 3.49. The monoisotopic (exact) mass is 302 g/mol. The summed E-state index contributed by atoms with van der Waals surface area (Å²) in [5.41, 5.74) is 7.45. The number of pyridine rings is 1. The quantitative estimate of drug-likeness (QED) is 0.413. The van der Waals surface area contributed by atoms with Gasteiger partial charge in [-0.05, 0) is 0 Å². The molecule has 0 atom stereocenters. The maximum atomic E-state index is 4.69. The van der Waals surface area contributed by atoms with Crippen LogP contribution >= 0.6 is 0 Å². The first kappa shape index (κ1) is 13.1. The first-order valence-corrected chi connectivity index (χ1v) is 7.49. The third-order valence-corrected chi connectivity index (χ3v) is 4.09. The Morgan fingerprint density at radius 1 is 1.15 bits per heavy atom. The number of aliphatic imine (C=N–C) groups is 1. The topological polar surface area (TPSA) is 25.2 Å². The number of hydrogen-bond acceptors (Lipinski definition) is 2. The van der Waals surface area contributed by atoms with Gasteiger partial charge in [0.1, 0.15) is 0 Å². The molecule has 2 aromatic rings. The third-order valence-electron chi connectivity index (χ3n) is 2.98. The Labute approximate surface area is 125 Å². The standard InChI is InChI=1S/C9H10N.C8H4N.Fe/c1-3-10-9-7-5-4-6-8(9)2;1-3-7-4-2-6-9-8(7)5-1;/h4-7H,1-2H3;2-5H;. The van der Waals surface area contributed by atoms with Crippen LogP contribution in [0.5, 0.6) is 0 Å². The van der Waals surface area contributed by atoms with Gasteiger partial charge in [0.15, 0.2) is 0 Å². The molecule has 1 aliphatic rings. The average molecular weight is 302 g/mol. The Hall–Kier alpha value is -1.92. The van der Waals surface area contributed by atoms with Crippen molar-refractivity contribution >= 4 is 27.0 Å². The maximum absolute atomic E-state index is 4.69. The fourth-order valence-corrected chi connectivity index (χ4v) is 2.94. The van der Waals surface area contributed by atoms with E-state index in [1.165, 1.54) is 5.56 Å². The summed E-state index contributed by atoms with van der Waals surface area (Å²) in [7, 11) is 0. The minimum atomic E-state index is 0.773. The molecule has 0 aliphatic heterocycles. The van der Waals surface area contributed by atoms with E-state index in [2.05, 4.69) is 42.8 Å². The molecule has 20 heavy (non-hydrogen) atoms. The molecule has 3 heteroatoms. The van der Waals surface area contributed by atoms with Gasteiger partial charge in [0.2, 0.25) is 0 Å². The summed E-state index contributed by atoms with van der Waals surface area (Å²) in [6.45, 7) is 4.13. The molecule has 0 unspecified atom stereocenters. The van der Waals surface area contributed by atoms with Crippen LogP contribution in [0, 0.1) is 6.92 Å². The number of aryl methyl sites for hydroxylation is 1. The van der Waals surface area contributed by atoms with Crippen LogP contribution in [0.1, 0.15) is 23.7 Å². The summed E-state index contributed by atoms with van der Waals surface area (Å²) < 4.78 is 2.12. The van der Waals surface area contributed by atoms with Crippen LogP contribution in [0.3, 0.4) is 0 Å². The van der Waals surface area contributed by atoms with Crippen LogP contribution in [0.2, 0.25) is 0 Å². The van der Waals surface area contributed by atoms with Gasteiger partial charge < -0.3 is 0 Å². The van der Waals surface area contributed by atoms with Crippen molar-refractivity contribution in [2.75, 3.05) is 0 Å². The van der Waals surface area contributed by atoms with Crippen LogP contribution in [0.25, 0.3) is 12.2 Å². The second-order valence-electron chi connectivity index (χ2n) is 4.52. The Morgan fingerprint density at radius 3 is 2.85 bits per heavy atom. The number of fused-ring (bicyclic) bond motifs is 1. The summed E-state index contributed by atoms with van der Waals surface area (Å²) in [4.78, 5) is 9.32. The van der Waals surface area contributed by atoms with Crippen LogP contribution in [-0.4, -0.2) is 9.59 Å². The van der Waals surface area contributed by atoms with Gasteiger partial charge >= 0.3 is 125 Å². The zero-order chi connectivity index (χ0) is 13.9. The van der Waals surface area contributed by atoms with Gasteiger partial charge in [-0.25, -0.2) is 0 Å². The molecule has 1 aromatic carbocycles. The Morgan fingerprint density at radius 2 is 2.00 bits per heavy atom. The fraction of sp³-hybridized carbons (Fsp3) is 0.118. The van der Waals surface area contributed by atoms with Gasteiger partial charge in [-0.15, -0.1) is 0 Å². The minimum absolute atomic E-state index is 0.773. The Balaban J connectivity index is 1.81. The molecule has 0 bridgehead atoms. The molecule has 3 rings (SSSR count). The molecular weight excluding hydrogens is 288 g/mol. The molecule has 0 N–H and O–H groups in total. The van der Waals surface area contributed by atoms with E-state index in [9.17, 15) is 0 Å². The van der Waals surface area contributed by atoms with Crippen molar-refractivity contribution in [2.45, 2.75) is 13.8 Å². The zero-order valence-corrected chi connectivity index (χ0v) is 12.5. The van der Waals surface area contributed by atoms with Gasteiger partial charge in [0, 0.05) is 0 Å². The molecule has 100 valence electrons. The summed E-state index contributed by atoms with van der Waals surface area (Å²) in [6, 6.07) is 12.3. The van der Waals surface area contributed by atoms with Crippen molar-refractivity contribution in [2.24, 2.45) is 4.99 Å². The van der Waals surface area contributed by atoms with E-state index < -0.39 is 0 Å². The molecule has 1 aliphatic carbocycles. The number of rotatable bonds is 3. The van der Waals surface area contributed by atoms with Gasteiger partial charge in [-0.3, -0.25) is 0 Å². The fourth-order valence-electron chi connectivity index (χ4n) is 1.96. The molecule has 2 nitrogen and oxygen atoms in total. The van der Waals surface area contributed by atoms with Crippen LogP contribution in [0.15, 0.2) is 47.1 Å². The van der Waals surface area contributed by atoms with Crippen LogP contribution in [0.4, 0.5) is 5.69 Å². The number of aromatic nitrogens is 1. The molecule has 0 saturated heterocycles. The predicted molar refractivity (Wildman–Crippen MR) is 80.3 cm³/mol. The van der Waals surface area contributed by atoms with E-state index in [1.54, 1.807) is 0 Å². The van der Waals surface area contributed by atoms with Crippen molar-refractivity contribution in [3.63, 3.8) is 0 Å². The van der Waals surface area contributed by atoms with Crippen molar-refractivity contribution in [1.29, 1.82) is 0 Å². The van der Waals surface area contributed by atoms with Crippen molar-refractivity contribution in [1.82, 2.24) is 4.98 Å². The first-order chi connectivity index (χ1) is 9.72. The molecule has 0 fully saturated rings. The summed E-state index contributed by atoms with van der Waals surface area (Å²) in [5.74, 6) is 0. The number of para-hydroxylation sites is 1. The van der Waals surface area contributed by atoms with E-state index in [1.807, 2.05) is 30.4 Å². The van der Waals surface area contributed by atoms with Gasteiger partial charge in [0.25, 0.3) is 0 Å². The second-order valence-corrected chi connectivity index (χ2v) is 6.16. The molecule has 0 radical (unpaired) electrons.